The highest BCUT2D eigenvalue weighted by atomic mass is 32.2. The average Bonchev–Trinajstić information content (AvgIpc) is 2.78. The Morgan fingerprint density at radius 3 is 2.62 bits per heavy atom. The number of methoxy groups -OCH3 is 1. The van der Waals surface area contributed by atoms with Gasteiger partial charge in [-0.2, -0.15) is 0 Å². The summed E-state index contributed by atoms with van der Waals surface area (Å²) in [4.78, 5) is 4.77. The number of ether oxygens (including phenoxy) is 1. The molecular weight excluding hydrogens is 351 g/mol. The number of anilines is 1. The van der Waals surface area contributed by atoms with Gasteiger partial charge in [-0.05, 0) is 43.9 Å². The van der Waals surface area contributed by atoms with Gasteiger partial charge in [-0.25, -0.2) is 4.39 Å². The van der Waals surface area contributed by atoms with Crippen molar-refractivity contribution in [1.29, 1.82) is 0 Å². The summed E-state index contributed by atoms with van der Waals surface area (Å²) in [5, 5.41) is 10.7. The van der Waals surface area contributed by atoms with E-state index in [0.29, 0.717) is 11.4 Å². The molecule has 0 amide bonds. The van der Waals surface area contributed by atoms with E-state index in [1.165, 1.54) is 17.8 Å². The summed E-state index contributed by atoms with van der Waals surface area (Å²) >= 11 is 1.40. The van der Waals surface area contributed by atoms with Gasteiger partial charge in [0.15, 0.2) is 0 Å². The van der Waals surface area contributed by atoms with E-state index >= 15 is 0 Å². The Morgan fingerprint density at radius 1 is 1.23 bits per heavy atom. The predicted molar refractivity (Wildman–Crippen MR) is 105 cm³/mol. The molecule has 2 atom stereocenters. The van der Waals surface area contributed by atoms with Crippen molar-refractivity contribution < 1.29 is 14.2 Å². The molecule has 1 aliphatic heterocycles. The van der Waals surface area contributed by atoms with E-state index in [0.717, 1.165) is 30.1 Å². The van der Waals surface area contributed by atoms with Crippen LogP contribution in [0.25, 0.3) is 0 Å². The predicted octanol–water partition coefficient (Wildman–Crippen LogP) is 3.41. The van der Waals surface area contributed by atoms with Gasteiger partial charge >= 0.3 is 0 Å². The molecule has 2 aromatic carbocycles. The van der Waals surface area contributed by atoms with E-state index in [-0.39, 0.29) is 11.1 Å². The molecule has 1 N–H and O–H groups in total. The maximum Gasteiger partial charge on any atom is 0.138 e. The number of aliphatic hydroxyl groups excluding tert-OH is 1. The topological polar surface area (TPSA) is 35.9 Å². The molecule has 0 fully saturated rings. The second-order valence-electron chi connectivity index (χ2n) is 6.72. The third-order valence-electron chi connectivity index (χ3n) is 4.55. The Morgan fingerprint density at radius 2 is 1.96 bits per heavy atom. The van der Waals surface area contributed by atoms with Crippen LogP contribution in [0.2, 0.25) is 0 Å². The minimum absolute atomic E-state index is 0.235. The van der Waals surface area contributed by atoms with Crippen molar-refractivity contribution in [3.63, 3.8) is 0 Å². The van der Waals surface area contributed by atoms with Gasteiger partial charge in [0.25, 0.3) is 0 Å². The van der Waals surface area contributed by atoms with Crippen LogP contribution in [-0.4, -0.2) is 56.9 Å². The zero-order valence-corrected chi connectivity index (χ0v) is 16.2. The van der Waals surface area contributed by atoms with Gasteiger partial charge in [-0.1, -0.05) is 18.2 Å². The largest absolute Gasteiger partial charge is 0.497 e. The number of halogens is 1. The van der Waals surface area contributed by atoms with E-state index in [1.54, 1.807) is 13.2 Å². The molecule has 2 unspecified atom stereocenters. The molecule has 4 nitrogen and oxygen atoms in total. The zero-order chi connectivity index (χ0) is 18.7. The number of nitrogens with zero attached hydrogens (tertiary/aromatic N) is 2. The standard InChI is InChI=1S/C20H25FN2O2S/c1-22(2)11-12-23-13-18(24)19(14-7-9-15(25-3)10-8-14)26-20-16(21)5-4-6-17(20)23/h4-10,18-19,24H,11-13H2,1-3H3. The zero-order valence-electron chi connectivity index (χ0n) is 15.4. The van der Waals surface area contributed by atoms with Crippen LogP contribution in [-0.2, 0) is 0 Å². The summed E-state index contributed by atoms with van der Waals surface area (Å²) in [5.41, 5.74) is 1.82. The van der Waals surface area contributed by atoms with E-state index in [2.05, 4.69) is 9.80 Å². The first-order valence-corrected chi connectivity index (χ1v) is 9.54. The Kier molecular flexibility index (Phi) is 6.06. The van der Waals surface area contributed by atoms with E-state index in [1.807, 2.05) is 44.4 Å². The molecule has 1 aliphatic rings. The molecule has 140 valence electrons. The van der Waals surface area contributed by atoms with Crippen LogP contribution in [0.15, 0.2) is 47.4 Å². The molecule has 0 aromatic heterocycles. The van der Waals surface area contributed by atoms with Gasteiger partial charge in [0, 0.05) is 19.6 Å². The summed E-state index contributed by atoms with van der Waals surface area (Å²) < 4.78 is 19.8. The second-order valence-corrected chi connectivity index (χ2v) is 7.87. The fraction of sp³-hybridized carbons (Fsp3) is 0.400. The maximum atomic E-state index is 14.6. The van der Waals surface area contributed by atoms with Crippen molar-refractivity contribution >= 4 is 17.4 Å². The number of likely N-dealkylation sites (N-methyl/N-ethyl adjacent to an activating group) is 1. The molecule has 26 heavy (non-hydrogen) atoms. The Labute approximate surface area is 158 Å². The monoisotopic (exact) mass is 376 g/mol. The lowest BCUT2D eigenvalue weighted by Gasteiger charge is -2.28. The molecule has 0 saturated heterocycles. The van der Waals surface area contributed by atoms with Gasteiger partial charge in [0.1, 0.15) is 11.6 Å². The normalized spacial score (nSPS) is 20.0. The fourth-order valence-corrected chi connectivity index (χ4v) is 4.39. The van der Waals surface area contributed by atoms with Crippen molar-refractivity contribution in [3.8, 4) is 5.75 Å². The van der Waals surface area contributed by atoms with Crippen LogP contribution in [0, 0.1) is 5.82 Å². The van der Waals surface area contributed by atoms with Crippen molar-refractivity contribution in [1.82, 2.24) is 4.90 Å². The first kappa shape index (κ1) is 19.0. The van der Waals surface area contributed by atoms with Gasteiger partial charge < -0.3 is 19.6 Å². The number of benzene rings is 2. The van der Waals surface area contributed by atoms with Crippen molar-refractivity contribution in [2.24, 2.45) is 0 Å². The van der Waals surface area contributed by atoms with Crippen molar-refractivity contribution in [2.45, 2.75) is 16.2 Å². The van der Waals surface area contributed by atoms with E-state index in [9.17, 15) is 9.50 Å². The van der Waals surface area contributed by atoms with Crippen molar-refractivity contribution in [2.75, 3.05) is 45.7 Å². The van der Waals surface area contributed by atoms with E-state index in [4.69, 9.17) is 4.74 Å². The molecule has 0 spiro atoms. The number of rotatable bonds is 5. The molecule has 1 heterocycles. The van der Waals surface area contributed by atoms with Crippen molar-refractivity contribution in [3.05, 3.63) is 53.8 Å². The Bertz CT molecular complexity index is 739. The molecule has 0 saturated carbocycles. The fourth-order valence-electron chi connectivity index (χ4n) is 3.10. The first-order valence-electron chi connectivity index (χ1n) is 8.66. The summed E-state index contributed by atoms with van der Waals surface area (Å²) in [6.07, 6.45) is -0.609. The first-order chi connectivity index (χ1) is 12.5. The average molecular weight is 376 g/mol. The summed E-state index contributed by atoms with van der Waals surface area (Å²) in [5.74, 6) is 0.524. The molecule has 2 aromatic rings. The van der Waals surface area contributed by atoms with Gasteiger partial charge in [0.2, 0.25) is 0 Å². The number of hydrogen-bond donors (Lipinski definition) is 1. The van der Waals surface area contributed by atoms with Gasteiger partial charge in [-0.15, -0.1) is 11.8 Å². The molecule has 0 aliphatic carbocycles. The summed E-state index contributed by atoms with van der Waals surface area (Å²) in [6.45, 7) is 2.03. The maximum absolute atomic E-state index is 14.6. The number of aliphatic hydroxyl groups is 1. The molecular formula is C20H25FN2O2S. The molecule has 0 bridgehead atoms. The summed E-state index contributed by atoms with van der Waals surface area (Å²) in [7, 11) is 5.64. The third-order valence-corrected chi connectivity index (χ3v) is 6.03. The minimum atomic E-state index is -0.609. The Hall–Kier alpha value is -1.76. The number of fused-ring (bicyclic) bond motifs is 1. The second kappa shape index (κ2) is 8.29. The summed E-state index contributed by atoms with van der Waals surface area (Å²) in [6, 6.07) is 12.8. The van der Waals surface area contributed by atoms with Gasteiger partial charge in [-0.3, -0.25) is 0 Å². The SMILES string of the molecule is COc1ccc(C2Sc3c(F)cccc3N(CCN(C)C)CC2O)cc1. The smallest absolute Gasteiger partial charge is 0.138 e. The minimum Gasteiger partial charge on any atom is -0.497 e. The van der Waals surface area contributed by atoms with Crippen LogP contribution >= 0.6 is 11.8 Å². The van der Waals surface area contributed by atoms with Crippen LogP contribution in [0.1, 0.15) is 10.8 Å². The molecule has 6 heteroatoms. The number of β-amino-alcohol motifs (C(OH)–C–C–N with tert-alkyl or cyclic N) is 1. The number of thioether (sulfide) groups is 1. The molecule has 3 rings (SSSR count). The lowest BCUT2D eigenvalue weighted by atomic mass is 10.1. The highest BCUT2D eigenvalue weighted by Crippen LogP contribution is 2.46. The number of hydrogen-bond acceptors (Lipinski definition) is 5. The van der Waals surface area contributed by atoms with Crippen LogP contribution < -0.4 is 9.64 Å². The van der Waals surface area contributed by atoms with Crippen LogP contribution in [0.3, 0.4) is 0 Å². The quantitative estimate of drug-likeness (QED) is 0.865. The molecule has 0 radical (unpaired) electrons. The van der Waals surface area contributed by atoms with E-state index < -0.39 is 6.10 Å². The van der Waals surface area contributed by atoms with Crippen LogP contribution in [0.4, 0.5) is 10.1 Å². The highest BCUT2D eigenvalue weighted by molar-refractivity contribution is 7.99. The highest BCUT2D eigenvalue weighted by Gasteiger charge is 2.31. The third kappa shape index (κ3) is 4.14. The lowest BCUT2D eigenvalue weighted by molar-refractivity contribution is 0.177. The van der Waals surface area contributed by atoms with Crippen LogP contribution in [0.5, 0.6) is 5.75 Å². The lowest BCUT2D eigenvalue weighted by Crippen LogP contribution is -2.38. The van der Waals surface area contributed by atoms with Gasteiger partial charge in [0.05, 0.1) is 29.0 Å². The Balaban J connectivity index is 1.94.